The van der Waals surface area contributed by atoms with Gasteiger partial charge >= 0.3 is 11.9 Å². The fourth-order valence-electron chi connectivity index (χ4n) is 2.33. The molecule has 0 bridgehead atoms. The lowest BCUT2D eigenvalue weighted by atomic mass is 10.1. The predicted molar refractivity (Wildman–Crippen MR) is 92.8 cm³/mol. The Balaban J connectivity index is 2.30. The second-order valence-corrected chi connectivity index (χ2v) is 6.29. The molecule has 10 heteroatoms. The Hall–Kier alpha value is -3.01. The van der Waals surface area contributed by atoms with E-state index in [1.54, 1.807) is 13.8 Å². The fraction of sp³-hybridized carbons (Fsp3) is 0.312. The van der Waals surface area contributed by atoms with Crippen LogP contribution >= 0.6 is 11.3 Å². The van der Waals surface area contributed by atoms with Gasteiger partial charge in [0.05, 0.1) is 17.0 Å². The molecule has 2 aromatic rings. The van der Waals surface area contributed by atoms with Gasteiger partial charge in [-0.05, 0) is 32.4 Å². The van der Waals surface area contributed by atoms with Crippen LogP contribution in [0.1, 0.15) is 49.9 Å². The summed E-state index contributed by atoms with van der Waals surface area (Å²) in [4.78, 5) is 47.6. The van der Waals surface area contributed by atoms with E-state index in [1.165, 1.54) is 19.2 Å². The number of Topliss-reactive ketones (excluding diaryl/α,β-unsaturated/α-hetero) is 1. The fourth-order valence-corrected chi connectivity index (χ4v) is 3.44. The van der Waals surface area contributed by atoms with Gasteiger partial charge in [0.15, 0.2) is 5.78 Å². The van der Waals surface area contributed by atoms with E-state index in [0.29, 0.717) is 10.4 Å². The average Bonchev–Trinajstić information content (AvgIpc) is 3.12. The summed E-state index contributed by atoms with van der Waals surface area (Å²) in [7, 11) is 0. The molecule has 0 aliphatic carbocycles. The molecule has 0 radical (unpaired) electrons. The minimum Gasteiger partial charge on any atom is -0.477 e. The highest BCUT2D eigenvalue weighted by atomic mass is 32.1. The molecule has 0 saturated heterocycles. The highest BCUT2D eigenvalue weighted by Gasteiger charge is 2.25. The largest absolute Gasteiger partial charge is 0.477 e. The average molecular weight is 379 g/mol. The molecule has 0 saturated carbocycles. The zero-order valence-electron chi connectivity index (χ0n) is 14.4. The monoisotopic (exact) mass is 379 g/mol. The SMILES string of the molecule is CCOC(=O)c1c(NC(=O)Cn2nccc2C(=O)O)sc(C(C)=O)c1C. The summed E-state index contributed by atoms with van der Waals surface area (Å²) >= 11 is 0.972. The number of carboxylic acids is 1. The van der Waals surface area contributed by atoms with E-state index >= 15 is 0 Å². The number of ketones is 1. The number of esters is 1. The summed E-state index contributed by atoms with van der Waals surface area (Å²) in [6.07, 6.45) is 1.27. The van der Waals surface area contributed by atoms with Crippen molar-refractivity contribution in [2.75, 3.05) is 11.9 Å². The number of carbonyl (C=O) groups is 4. The van der Waals surface area contributed by atoms with Crippen molar-refractivity contribution < 1.29 is 29.0 Å². The van der Waals surface area contributed by atoms with Gasteiger partial charge in [-0.25, -0.2) is 14.3 Å². The Labute approximate surface area is 152 Å². The molecule has 2 aromatic heterocycles. The number of aromatic carboxylic acids is 1. The van der Waals surface area contributed by atoms with Crippen molar-refractivity contribution in [2.45, 2.75) is 27.3 Å². The van der Waals surface area contributed by atoms with Gasteiger partial charge in [-0.2, -0.15) is 5.10 Å². The second kappa shape index (κ2) is 7.91. The van der Waals surface area contributed by atoms with E-state index < -0.39 is 17.8 Å². The summed E-state index contributed by atoms with van der Waals surface area (Å²) in [5.41, 5.74) is 0.411. The second-order valence-electron chi connectivity index (χ2n) is 5.26. The molecule has 0 spiro atoms. The highest BCUT2D eigenvalue weighted by molar-refractivity contribution is 7.18. The van der Waals surface area contributed by atoms with Gasteiger partial charge in [-0.3, -0.25) is 9.59 Å². The lowest BCUT2D eigenvalue weighted by molar-refractivity contribution is -0.116. The molecule has 2 heterocycles. The van der Waals surface area contributed by atoms with Crippen molar-refractivity contribution in [3.05, 3.63) is 34.0 Å². The van der Waals surface area contributed by atoms with Crippen molar-refractivity contribution in [3.8, 4) is 0 Å². The number of nitrogens with zero attached hydrogens (tertiary/aromatic N) is 2. The van der Waals surface area contributed by atoms with Crippen LogP contribution in [0.15, 0.2) is 12.3 Å². The van der Waals surface area contributed by atoms with Crippen LogP contribution in [0.4, 0.5) is 5.00 Å². The minimum atomic E-state index is -1.21. The van der Waals surface area contributed by atoms with E-state index in [2.05, 4.69) is 10.4 Å². The first-order valence-electron chi connectivity index (χ1n) is 7.62. The molecule has 0 atom stereocenters. The number of thiophene rings is 1. The summed E-state index contributed by atoms with van der Waals surface area (Å²) in [5, 5.41) is 15.6. The zero-order chi connectivity index (χ0) is 19.4. The number of hydrogen-bond donors (Lipinski definition) is 2. The normalized spacial score (nSPS) is 10.4. The number of ether oxygens (including phenoxy) is 1. The van der Waals surface area contributed by atoms with E-state index in [9.17, 15) is 19.2 Å². The van der Waals surface area contributed by atoms with E-state index in [1.807, 2.05) is 0 Å². The van der Waals surface area contributed by atoms with Crippen LogP contribution < -0.4 is 5.32 Å². The number of nitrogens with one attached hydrogen (secondary N) is 1. The molecule has 0 aliphatic rings. The Kier molecular flexibility index (Phi) is 5.88. The number of carboxylic acid groups (broad SMARTS) is 1. The number of carbonyl (C=O) groups excluding carboxylic acids is 3. The molecule has 2 rings (SSSR count). The van der Waals surface area contributed by atoms with Crippen LogP contribution in [0.5, 0.6) is 0 Å². The quantitative estimate of drug-likeness (QED) is 0.556. The van der Waals surface area contributed by atoms with Crippen LogP contribution in [0.25, 0.3) is 0 Å². The van der Waals surface area contributed by atoms with Crippen molar-refractivity contribution >= 4 is 40.0 Å². The lowest BCUT2D eigenvalue weighted by Gasteiger charge is -2.08. The van der Waals surface area contributed by atoms with Crippen LogP contribution in [-0.2, 0) is 16.1 Å². The molecule has 1 amide bonds. The molecule has 9 nitrogen and oxygen atoms in total. The molecule has 0 fully saturated rings. The van der Waals surface area contributed by atoms with Crippen molar-refractivity contribution in [2.24, 2.45) is 0 Å². The van der Waals surface area contributed by atoms with Crippen LogP contribution in [-0.4, -0.2) is 45.1 Å². The summed E-state index contributed by atoms with van der Waals surface area (Å²) in [6.45, 7) is 4.40. The van der Waals surface area contributed by atoms with Gasteiger partial charge in [-0.1, -0.05) is 0 Å². The van der Waals surface area contributed by atoms with Gasteiger partial charge in [0.25, 0.3) is 0 Å². The molecular formula is C16H17N3O6S. The first kappa shape index (κ1) is 19.3. The number of hydrogen-bond acceptors (Lipinski definition) is 7. The summed E-state index contributed by atoms with van der Waals surface area (Å²) in [6, 6.07) is 1.27. The maximum Gasteiger partial charge on any atom is 0.354 e. The van der Waals surface area contributed by atoms with Gasteiger partial charge < -0.3 is 15.2 Å². The number of amides is 1. The van der Waals surface area contributed by atoms with Gasteiger partial charge in [0.1, 0.15) is 17.2 Å². The molecule has 0 aliphatic heterocycles. The smallest absolute Gasteiger partial charge is 0.354 e. The summed E-state index contributed by atoms with van der Waals surface area (Å²) < 4.78 is 6.01. The van der Waals surface area contributed by atoms with Gasteiger partial charge in [0.2, 0.25) is 5.91 Å². The number of anilines is 1. The molecule has 2 N–H and O–H groups in total. The van der Waals surface area contributed by atoms with E-state index in [4.69, 9.17) is 9.84 Å². The molecule has 138 valence electrons. The maximum atomic E-state index is 12.3. The minimum absolute atomic E-state index is 0.120. The third-order valence-corrected chi connectivity index (χ3v) is 4.74. The van der Waals surface area contributed by atoms with Crippen LogP contribution in [0, 0.1) is 6.92 Å². The maximum absolute atomic E-state index is 12.3. The Bertz CT molecular complexity index is 883. The van der Waals surface area contributed by atoms with E-state index in [0.717, 1.165) is 16.0 Å². The van der Waals surface area contributed by atoms with Gasteiger partial charge in [-0.15, -0.1) is 11.3 Å². The number of aromatic nitrogens is 2. The first-order chi connectivity index (χ1) is 12.3. The third-order valence-electron chi connectivity index (χ3n) is 3.43. The van der Waals surface area contributed by atoms with Crippen molar-refractivity contribution in [3.63, 3.8) is 0 Å². The van der Waals surface area contributed by atoms with Crippen LogP contribution in [0.2, 0.25) is 0 Å². The van der Waals surface area contributed by atoms with Crippen LogP contribution in [0.3, 0.4) is 0 Å². The molecule has 0 unspecified atom stereocenters. The predicted octanol–water partition coefficient (Wildman–Crippen LogP) is 1.97. The highest BCUT2D eigenvalue weighted by Crippen LogP contribution is 2.34. The van der Waals surface area contributed by atoms with Gasteiger partial charge in [0, 0.05) is 6.20 Å². The Morgan fingerprint density at radius 3 is 2.62 bits per heavy atom. The first-order valence-corrected chi connectivity index (χ1v) is 8.44. The lowest BCUT2D eigenvalue weighted by Crippen LogP contribution is -2.22. The molecular weight excluding hydrogens is 362 g/mol. The van der Waals surface area contributed by atoms with Crippen molar-refractivity contribution in [1.82, 2.24) is 9.78 Å². The molecule has 26 heavy (non-hydrogen) atoms. The topological polar surface area (TPSA) is 128 Å². The van der Waals surface area contributed by atoms with Crippen molar-refractivity contribution in [1.29, 1.82) is 0 Å². The van der Waals surface area contributed by atoms with E-state index in [-0.39, 0.29) is 35.2 Å². The Morgan fingerprint density at radius 2 is 2.04 bits per heavy atom. The zero-order valence-corrected chi connectivity index (χ0v) is 15.2. The third kappa shape index (κ3) is 3.97. The molecule has 0 aromatic carbocycles. The standard InChI is InChI=1S/C16H17N3O6S/c1-4-25-16(24)12-8(2)13(9(3)20)26-14(12)18-11(21)7-19-10(15(22)23)5-6-17-19/h5-6H,4,7H2,1-3H3,(H,18,21)(H,22,23). The Morgan fingerprint density at radius 1 is 1.35 bits per heavy atom. The number of rotatable bonds is 7. The summed E-state index contributed by atoms with van der Waals surface area (Å²) in [5.74, 6) is -2.68.